The number of benzene rings is 1. The highest BCUT2D eigenvalue weighted by Gasteiger charge is 2.30. The van der Waals surface area contributed by atoms with Crippen LogP contribution in [0.5, 0.6) is 0 Å². The fourth-order valence-electron chi connectivity index (χ4n) is 2.82. The van der Waals surface area contributed by atoms with Crippen molar-refractivity contribution >= 4 is 17.5 Å². The van der Waals surface area contributed by atoms with E-state index >= 15 is 0 Å². The average molecular weight is 327 g/mol. The minimum atomic E-state index is -0.455. The van der Waals surface area contributed by atoms with E-state index in [9.17, 15) is 9.59 Å². The van der Waals surface area contributed by atoms with Crippen LogP contribution in [0.4, 0.5) is 5.69 Å². The molecule has 126 valence electrons. The van der Waals surface area contributed by atoms with E-state index in [4.69, 9.17) is 0 Å². The summed E-state index contributed by atoms with van der Waals surface area (Å²) in [7, 11) is 0. The molecule has 1 aliphatic rings. The van der Waals surface area contributed by atoms with Crippen molar-refractivity contribution in [3.05, 3.63) is 42.5 Å². The number of carbonyl (C=O) groups is 2. The van der Waals surface area contributed by atoms with Gasteiger partial charge in [0.05, 0.1) is 6.54 Å². The molecule has 0 spiro atoms. The minimum absolute atomic E-state index is 0.0424. The van der Waals surface area contributed by atoms with Crippen LogP contribution in [0.15, 0.2) is 36.9 Å². The van der Waals surface area contributed by atoms with Gasteiger partial charge in [-0.05, 0) is 31.9 Å². The van der Waals surface area contributed by atoms with Crippen molar-refractivity contribution in [2.75, 3.05) is 11.4 Å². The van der Waals surface area contributed by atoms with E-state index in [1.54, 1.807) is 15.9 Å². The number of piperidine rings is 1. The summed E-state index contributed by atoms with van der Waals surface area (Å²) in [5, 5.41) is 6.81. The van der Waals surface area contributed by atoms with Gasteiger partial charge in [0.25, 0.3) is 0 Å². The predicted octanol–water partition coefficient (Wildman–Crippen LogP) is 1.29. The van der Waals surface area contributed by atoms with Crippen molar-refractivity contribution in [2.45, 2.75) is 38.8 Å². The van der Waals surface area contributed by atoms with Gasteiger partial charge in [0.2, 0.25) is 11.8 Å². The second-order valence-electron chi connectivity index (χ2n) is 6.00. The van der Waals surface area contributed by atoms with E-state index in [1.165, 1.54) is 6.33 Å². The van der Waals surface area contributed by atoms with Crippen molar-refractivity contribution in [2.24, 2.45) is 0 Å². The first kappa shape index (κ1) is 16.2. The van der Waals surface area contributed by atoms with Crippen LogP contribution in [0.3, 0.4) is 0 Å². The number of amides is 2. The van der Waals surface area contributed by atoms with Crippen LogP contribution < -0.4 is 10.2 Å². The third-order valence-electron chi connectivity index (χ3n) is 4.15. The van der Waals surface area contributed by atoms with Gasteiger partial charge in [-0.15, -0.1) is 0 Å². The van der Waals surface area contributed by atoms with E-state index in [-0.39, 0.29) is 18.2 Å². The lowest BCUT2D eigenvalue weighted by Gasteiger charge is -2.32. The standard InChI is InChI=1S/C17H21N5O2/c1-13-4-6-14(7-5-13)22-9-2-3-15(17(22)24)20-16(23)8-10-21-12-18-11-19-21/h4-7,11-12,15H,2-3,8-10H2,1H3,(H,20,23)/t15-/m1/s1. The molecule has 1 aromatic carbocycles. The molecule has 1 fully saturated rings. The zero-order valence-electron chi connectivity index (χ0n) is 13.7. The number of carbonyl (C=O) groups excluding carboxylic acids is 2. The summed E-state index contributed by atoms with van der Waals surface area (Å²) in [6, 6.07) is 7.42. The first-order valence-electron chi connectivity index (χ1n) is 8.13. The SMILES string of the molecule is Cc1ccc(N2CCC[C@@H](NC(=O)CCn3cncn3)C2=O)cc1. The zero-order valence-corrected chi connectivity index (χ0v) is 13.7. The molecule has 0 aliphatic carbocycles. The van der Waals surface area contributed by atoms with Crippen LogP contribution in [-0.2, 0) is 16.1 Å². The van der Waals surface area contributed by atoms with Gasteiger partial charge in [0.1, 0.15) is 18.7 Å². The molecule has 24 heavy (non-hydrogen) atoms. The van der Waals surface area contributed by atoms with Crippen LogP contribution in [0.2, 0.25) is 0 Å². The third kappa shape index (κ3) is 3.79. The number of rotatable bonds is 5. The zero-order chi connectivity index (χ0) is 16.9. The molecule has 1 saturated heterocycles. The first-order chi connectivity index (χ1) is 11.6. The van der Waals surface area contributed by atoms with E-state index in [1.807, 2.05) is 31.2 Å². The molecule has 2 aromatic rings. The van der Waals surface area contributed by atoms with Gasteiger partial charge in [-0.1, -0.05) is 17.7 Å². The molecule has 2 heterocycles. The van der Waals surface area contributed by atoms with E-state index in [0.29, 0.717) is 19.5 Å². The first-order valence-corrected chi connectivity index (χ1v) is 8.13. The summed E-state index contributed by atoms with van der Waals surface area (Å²) in [5.41, 5.74) is 2.04. The topological polar surface area (TPSA) is 80.1 Å². The van der Waals surface area contributed by atoms with Crippen molar-refractivity contribution in [1.82, 2.24) is 20.1 Å². The largest absolute Gasteiger partial charge is 0.344 e. The third-order valence-corrected chi connectivity index (χ3v) is 4.15. The molecule has 1 N–H and O–H groups in total. The number of hydrogen-bond donors (Lipinski definition) is 1. The smallest absolute Gasteiger partial charge is 0.249 e. The number of aromatic nitrogens is 3. The second-order valence-corrected chi connectivity index (χ2v) is 6.00. The molecule has 1 aliphatic heterocycles. The molecular formula is C17H21N5O2. The van der Waals surface area contributed by atoms with Gasteiger partial charge in [0, 0.05) is 18.7 Å². The number of nitrogens with zero attached hydrogens (tertiary/aromatic N) is 4. The molecule has 7 heteroatoms. The second kappa shape index (κ2) is 7.25. The van der Waals surface area contributed by atoms with Crippen molar-refractivity contribution in [3.8, 4) is 0 Å². The Hall–Kier alpha value is -2.70. The Kier molecular flexibility index (Phi) is 4.88. The van der Waals surface area contributed by atoms with Crippen LogP contribution in [0, 0.1) is 6.92 Å². The summed E-state index contributed by atoms with van der Waals surface area (Å²) in [6.45, 7) is 3.15. The lowest BCUT2D eigenvalue weighted by molar-refractivity contribution is -0.128. The van der Waals surface area contributed by atoms with E-state index < -0.39 is 6.04 Å². The van der Waals surface area contributed by atoms with Crippen LogP contribution >= 0.6 is 0 Å². The van der Waals surface area contributed by atoms with Gasteiger partial charge in [-0.2, -0.15) is 5.10 Å². The Morgan fingerprint density at radius 2 is 2.12 bits per heavy atom. The molecular weight excluding hydrogens is 306 g/mol. The highest BCUT2D eigenvalue weighted by Crippen LogP contribution is 2.21. The Morgan fingerprint density at radius 3 is 2.83 bits per heavy atom. The summed E-state index contributed by atoms with van der Waals surface area (Å²) in [4.78, 5) is 30.4. The maximum atomic E-state index is 12.7. The summed E-state index contributed by atoms with van der Waals surface area (Å²) < 4.78 is 1.60. The number of aryl methyl sites for hydroxylation is 2. The number of anilines is 1. The number of hydrogen-bond acceptors (Lipinski definition) is 4. The summed E-state index contributed by atoms with van der Waals surface area (Å²) in [6.07, 6.45) is 4.82. The van der Waals surface area contributed by atoms with Crippen molar-refractivity contribution < 1.29 is 9.59 Å². The Labute approximate surface area is 140 Å². The normalized spacial score (nSPS) is 17.8. The van der Waals surface area contributed by atoms with Crippen LogP contribution in [0.1, 0.15) is 24.8 Å². The minimum Gasteiger partial charge on any atom is -0.344 e. The quantitative estimate of drug-likeness (QED) is 0.897. The van der Waals surface area contributed by atoms with Crippen LogP contribution in [-0.4, -0.2) is 39.2 Å². The monoisotopic (exact) mass is 327 g/mol. The lowest BCUT2D eigenvalue weighted by Crippen LogP contribution is -2.52. The molecule has 7 nitrogen and oxygen atoms in total. The number of nitrogens with one attached hydrogen (secondary N) is 1. The predicted molar refractivity (Wildman–Crippen MR) is 89.3 cm³/mol. The molecule has 0 radical (unpaired) electrons. The Balaban J connectivity index is 1.58. The molecule has 0 saturated carbocycles. The Morgan fingerprint density at radius 1 is 1.33 bits per heavy atom. The maximum absolute atomic E-state index is 12.7. The van der Waals surface area contributed by atoms with E-state index in [2.05, 4.69) is 15.4 Å². The van der Waals surface area contributed by atoms with Crippen molar-refractivity contribution in [1.29, 1.82) is 0 Å². The summed E-state index contributed by atoms with van der Waals surface area (Å²) in [5.74, 6) is -0.186. The fraction of sp³-hybridized carbons (Fsp3) is 0.412. The molecule has 1 atom stereocenters. The molecule has 0 bridgehead atoms. The lowest BCUT2D eigenvalue weighted by atomic mass is 10.0. The van der Waals surface area contributed by atoms with Gasteiger partial charge < -0.3 is 10.2 Å². The average Bonchev–Trinajstić information content (AvgIpc) is 3.09. The van der Waals surface area contributed by atoms with Crippen LogP contribution in [0.25, 0.3) is 0 Å². The van der Waals surface area contributed by atoms with Gasteiger partial charge in [0.15, 0.2) is 0 Å². The molecule has 2 amide bonds. The molecule has 1 aromatic heterocycles. The summed E-state index contributed by atoms with van der Waals surface area (Å²) >= 11 is 0. The Bertz CT molecular complexity index is 696. The fourth-order valence-corrected chi connectivity index (χ4v) is 2.82. The van der Waals surface area contributed by atoms with Gasteiger partial charge >= 0.3 is 0 Å². The molecule has 3 rings (SSSR count). The van der Waals surface area contributed by atoms with Gasteiger partial charge in [-0.25, -0.2) is 4.98 Å². The molecule has 0 unspecified atom stereocenters. The van der Waals surface area contributed by atoms with E-state index in [0.717, 1.165) is 17.7 Å². The highest BCUT2D eigenvalue weighted by molar-refractivity contribution is 5.99. The highest BCUT2D eigenvalue weighted by atomic mass is 16.2. The van der Waals surface area contributed by atoms with Gasteiger partial charge in [-0.3, -0.25) is 14.3 Å². The maximum Gasteiger partial charge on any atom is 0.249 e. The van der Waals surface area contributed by atoms with Crippen molar-refractivity contribution in [3.63, 3.8) is 0 Å².